The van der Waals surface area contributed by atoms with Crippen molar-refractivity contribution in [2.75, 3.05) is 26.3 Å². The van der Waals surface area contributed by atoms with Gasteiger partial charge in [0.05, 0.1) is 35.4 Å². The maximum absolute atomic E-state index is 13.2. The smallest absolute Gasteiger partial charge is 0.248 e. The van der Waals surface area contributed by atoms with Gasteiger partial charge in [-0.05, 0) is 18.1 Å². The van der Waals surface area contributed by atoms with Gasteiger partial charge < -0.3 is 25.0 Å². The van der Waals surface area contributed by atoms with Gasteiger partial charge in [0.15, 0.2) is 0 Å². The molecule has 3 amide bonds. The molecule has 1 aromatic carbocycles. The number of nitrogens with zero attached hydrogens (tertiary/aromatic N) is 3. The van der Waals surface area contributed by atoms with Crippen LogP contribution >= 0.6 is 11.3 Å². The van der Waals surface area contributed by atoms with Crippen molar-refractivity contribution in [3.63, 3.8) is 0 Å². The summed E-state index contributed by atoms with van der Waals surface area (Å²) in [5, 5.41) is 13.1. The molecule has 0 aliphatic carbocycles. The van der Waals surface area contributed by atoms with Crippen LogP contribution < -0.4 is 5.32 Å². The topological polar surface area (TPSA) is 112 Å². The lowest BCUT2D eigenvalue weighted by atomic mass is 10.1. The van der Waals surface area contributed by atoms with Crippen LogP contribution in [-0.2, 0) is 25.7 Å². The Labute approximate surface area is 196 Å². The zero-order chi connectivity index (χ0) is 23.5. The maximum atomic E-state index is 13.2. The Hall–Kier alpha value is -2.82. The average molecular weight is 473 g/mol. The Morgan fingerprint density at radius 2 is 1.97 bits per heavy atom. The number of rotatable bonds is 5. The molecule has 2 fully saturated rings. The SMILES string of the molecule is CC(=O)N1CCOCC1C(=O)N1C[C@H](O)C[C@H]1C(=O)NCc1ccc(-c2scnc2C)cc1. The van der Waals surface area contributed by atoms with Crippen LogP contribution in [0, 0.1) is 6.92 Å². The monoisotopic (exact) mass is 472 g/mol. The minimum atomic E-state index is -0.790. The van der Waals surface area contributed by atoms with Gasteiger partial charge in [0.2, 0.25) is 17.7 Å². The van der Waals surface area contributed by atoms with Gasteiger partial charge in [-0.3, -0.25) is 14.4 Å². The Morgan fingerprint density at radius 3 is 2.64 bits per heavy atom. The van der Waals surface area contributed by atoms with Crippen LogP contribution in [0.15, 0.2) is 29.8 Å². The lowest BCUT2D eigenvalue weighted by Crippen LogP contribution is -2.58. The molecule has 9 nitrogen and oxygen atoms in total. The number of likely N-dealkylation sites (tertiary alicyclic amines) is 1. The molecule has 4 rings (SSSR count). The van der Waals surface area contributed by atoms with E-state index in [1.54, 1.807) is 11.3 Å². The van der Waals surface area contributed by atoms with Gasteiger partial charge in [0, 0.05) is 33.0 Å². The van der Waals surface area contributed by atoms with Crippen molar-refractivity contribution in [3.05, 3.63) is 41.0 Å². The number of hydrogen-bond acceptors (Lipinski definition) is 7. The fourth-order valence-corrected chi connectivity index (χ4v) is 5.15. The van der Waals surface area contributed by atoms with Crippen molar-refractivity contribution >= 4 is 29.1 Å². The molecular formula is C23H28N4O5S. The molecular weight excluding hydrogens is 444 g/mol. The van der Waals surface area contributed by atoms with E-state index in [1.807, 2.05) is 36.7 Å². The molecule has 0 bridgehead atoms. The third-order valence-corrected chi connectivity index (χ3v) is 7.09. The first kappa shape index (κ1) is 23.3. The number of morpholine rings is 1. The number of thiazole rings is 1. The van der Waals surface area contributed by atoms with Crippen molar-refractivity contribution in [2.24, 2.45) is 0 Å². The summed E-state index contributed by atoms with van der Waals surface area (Å²) in [5.41, 5.74) is 4.80. The van der Waals surface area contributed by atoms with Crippen molar-refractivity contribution in [3.8, 4) is 10.4 Å². The van der Waals surface area contributed by atoms with Gasteiger partial charge >= 0.3 is 0 Å². The summed E-state index contributed by atoms with van der Waals surface area (Å²) in [6, 6.07) is 6.32. The van der Waals surface area contributed by atoms with E-state index in [4.69, 9.17) is 4.74 Å². The summed E-state index contributed by atoms with van der Waals surface area (Å²) in [4.78, 5) is 46.3. The zero-order valence-electron chi connectivity index (χ0n) is 18.7. The minimum Gasteiger partial charge on any atom is -0.391 e. The highest BCUT2D eigenvalue weighted by Gasteiger charge is 2.43. The van der Waals surface area contributed by atoms with Crippen LogP contribution in [0.25, 0.3) is 10.4 Å². The van der Waals surface area contributed by atoms with Crippen molar-refractivity contribution in [2.45, 2.75) is 45.0 Å². The van der Waals surface area contributed by atoms with Crippen LogP contribution in [-0.4, -0.2) is 82.1 Å². The van der Waals surface area contributed by atoms with Gasteiger partial charge in [-0.15, -0.1) is 11.3 Å². The number of aliphatic hydroxyl groups is 1. The van der Waals surface area contributed by atoms with E-state index < -0.39 is 18.2 Å². The molecule has 0 radical (unpaired) electrons. The fourth-order valence-electron chi connectivity index (χ4n) is 4.34. The first-order chi connectivity index (χ1) is 15.8. The van der Waals surface area contributed by atoms with E-state index >= 15 is 0 Å². The number of carbonyl (C=O) groups is 3. The highest BCUT2D eigenvalue weighted by Crippen LogP contribution is 2.27. The molecule has 2 aromatic rings. The summed E-state index contributed by atoms with van der Waals surface area (Å²) >= 11 is 1.58. The second-order valence-electron chi connectivity index (χ2n) is 8.38. The van der Waals surface area contributed by atoms with E-state index in [9.17, 15) is 19.5 Å². The number of aromatic nitrogens is 1. The molecule has 2 N–H and O–H groups in total. The second kappa shape index (κ2) is 9.98. The molecule has 33 heavy (non-hydrogen) atoms. The molecule has 0 saturated carbocycles. The lowest BCUT2D eigenvalue weighted by Gasteiger charge is -2.37. The summed E-state index contributed by atoms with van der Waals surface area (Å²) in [6.07, 6.45) is -0.628. The summed E-state index contributed by atoms with van der Waals surface area (Å²) in [5.74, 6) is -0.909. The Bertz CT molecular complexity index is 1020. The van der Waals surface area contributed by atoms with Gasteiger partial charge in [-0.2, -0.15) is 0 Å². The van der Waals surface area contributed by atoms with Gasteiger partial charge in [-0.25, -0.2) is 4.98 Å². The van der Waals surface area contributed by atoms with Crippen molar-refractivity contribution in [1.29, 1.82) is 0 Å². The number of hydrogen-bond donors (Lipinski definition) is 2. The minimum absolute atomic E-state index is 0.0576. The highest BCUT2D eigenvalue weighted by molar-refractivity contribution is 7.13. The number of nitrogens with one attached hydrogen (secondary N) is 1. The van der Waals surface area contributed by atoms with E-state index in [2.05, 4.69) is 10.3 Å². The van der Waals surface area contributed by atoms with Gasteiger partial charge in [-0.1, -0.05) is 24.3 Å². The molecule has 176 valence electrons. The van der Waals surface area contributed by atoms with Gasteiger partial charge in [0.25, 0.3) is 0 Å². The van der Waals surface area contributed by atoms with Crippen LogP contribution in [0.1, 0.15) is 24.6 Å². The highest BCUT2D eigenvalue weighted by atomic mass is 32.1. The van der Waals surface area contributed by atoms with E-state index in [1.165, 1.54) is 16.7 Å². The molecule has 1 aromatic heterocycles. The quantitative estimate of drug-likeness (QED) is 0.670. The zero-order valence-corrected chi connectivity index (χ0v) is 19.5. The van der Waals surface area contributed by atoms with Crippen LogP contribution in [0.5, 0.6) is 0 Å². The Kier molecular flexibility index (Phi) is 7.06. The molecule has 1 unspecified atom stereocenters. The van der Waals surface area contributed by atoms with E-state index in [-0.39, 0.29) is 37.3 Å². The normalized spacial score (nSPS) is 22.9. The molecule has 2 saturated heterocycles. The number of benzene rings is 1. The first-order valence-electron chi connectivity index (χ1n) is 11.0. The third kappa shape index (κ3) is 5.07. The van der Waals surface area contributed by atoms with Crippen LogP contribution in [0.4, 0.5) is 0 Å². The predicted octanol–water partition coefficient (Wildman–Crippen LogP) is 0.944. The Balaban J connectivity index is 1.40. The molecule has 3 atom stereocenters. The summed E-state index contributed by atoms with van der Waals surface area (Å²) in [6.45, 7) is 4.54. The summed E-state index contributed by atoms with van der Waals surface area (Å²) in [7, 11) is 0. The number of aryl methyl sites for hydroxylation is 1. The predicted molar refractivity (Wildman–Crippen MR) is 122 cm³/mol. The molecule has 2 aliphatic rings. The third-order valence-electron chi connectivity index (χ3n) is 6.11. The van der Waals surface area contributed by atoms with Crippen molar-refractivity contribution < 1.29 is 24.2 Å². The molecule has 0 spiro atoms. The van der Waals surface area contributed by atoms with Crippen LogP contribution in [0.2, 0.25) is 0 Å². The second-order valence-corrected chi connectivity index (χ2v) is 9.24. The fraction of sp³-hybridized carbons (Fsp3) is 0.478. The average Bonchev–Trinajstić information content (AvgIpc) is 3.42. The number of amides is 3. The van der Waals surface area contributed by atoms with Crippen molar-refractivity contribution in [1.82, 2.24) is 20.1 Å². The molecule has 3 heterocycles. The Morgan fingerprint density at radius 1 is 1.21 bits per heavy atom. The summed E-state index contributed by atoms with van der Waals surface area (Å²) < 4.78 is 5.41. The number of carbonyl (C=O) groups excluding carboxylic acids is 3. The van der Waals surface area contributed by atoms with Crippen LogP contribution in [0.3, 0.4) is 0 Å². The van der Waals surface area contributed by atoms with Gasteiger partial charge in [0.1, 0.15) is 12.1 Å². The number of β-amino-alcohol motifs (C(OH)–C–C–N with tert-alkyl or cyclic N) is 1. The number of aliphatic hydroxyl groups excluding tert-OH is 1. The standard InChI is InChI=1S/C23H28N4O5S/c1-14-21(33-13-25-14)17-5-3-16(4-6-17)10-24-22(30)19-9-18(29)11-27(19)23(31)20-12-32-8-7-26(20)15(2)28/h3-6,13,18-20,29H,7-12H2,1-2H3,(H,24,30)/t18-,19+,20?/m1/s1. The largest absolute Gasteiger partial charge is 0.391 e. The maximum Gasteiger partial charge on any atom is 0.248 e. The molecule has 10 heteroatoms. The van der Waals surface area contributed by atoms with E-state index in [0.717, 1.165) is 21.7 Å². The number of ether oxygens (including phenoxy) is 1. The lowest BCUT2D eigenvalue weighted by molar-refractivity contribution is -0.154. The first-order valence-corrected chi connectivity index (χ1v) is 11.8. The van der Waals surface area contributed by atoms with E-state index in [0.29, 0.717) is 19.7 Å². The molecule has 2 aliphatic heterocycles.